The molecule has 0 saturated carbocycles. The summed E-state index contributed by atoms with van der Waals surface area (Å²) in [6, 6.07) is 14.1. The van der Waals surface area contributed by atoms with Gasteiger partial charge in [0.1, 0.15) is 5.82 Å². The Morgan fingerprint density at radius 3 is 2.53 bits per heavy atom. The van der Waals surface area contributed by atoms with E-state index in [1.165, 1.54) is 24.0 Å². The lowest BCUT2D eigenvalue weighted by atomic mass is 9.88. The molecule has 158 valence electrons. The topological polar surface area (TPSA) is 68.1 Å². The smallest absolute Gasteiger partial charge is 0.151 e. The predicted octanol–water partition coefficient (Wildman–Crippen LogP) is 3.33. The number of hydrogen-bond acceptors (Lipinski definition) is 5. The van der Waals surface area contributed by atoms with Crippen LogP contribution in [-0.4, -0.2) is 47.7 Å². The van der Waals surface area contributed by atoms with E-state index >= 15 is 0 Å². The third-order valence-electron chi connectivity index (χ3n) is 5.46. The summed E-state index contributed by atoms with van der Waals surface area (Å²) in [5.74, 6) is 0.253. The molecule has 0 amide bonds. The minimum Gasteiger partial charge on any atom is -0.297 e. The van der Waals surface area contributed by atoms with E-state index in [0.29, 0.717) is 5.92 Å². The van der Waals surface area contributed by atoms with Crippen LogP contribution in [0.5, 0.6) is 0 Å². The van der Waals surface area contributed by atoms with E-state index in [1.807, 2.05) is 24.4 Å². The number of rotatable bonds is 6. The van der Waals surface area contributed by atoms with Gasteiger partial charge in [-0.1, -0.05) is 29.5 Å². The second-order valence-corrected chi connectivity index (χ2v) is 10.1. The maximum absolute atomic E-state index is 13.1. The van der Waals surface area contributed by atoms with Crippen molar-refractivity contribution in [3.05, 3.63) is 77.4 Å². The van der Waals surface area contributed by atoms with Crippen molar-refractivity contribution in [3.63, 3.8) is 0 Å². The molecule has 8 heteroatoms. The van der Waals surface area contributed by atoms with E-state index < -0.39 is 9.84 Å². The second kappa shape index (κ2) is 8.65. The fraction of sp³-hybridized carbons (Fsp3) is 0.364. The Bertz CT molecular complexity index is 1100. The highest BCUT2D eigenvalue weighted by molar-refractivity contribution is 7.89. The molecule has 2 aromatic carbocycles. The maximum Gasteiger partial charge on any atom is 0.151 e. The van der Waals surface area contributed by atoms with Crippen molar-refractivity contribution in [1.29, 1.82) is 0 Å². The Hall–Kier alpha value is -2.58. The molecule has 6 nitrogen and oxygen atoms in total. The van der Waals surface area contributed by atoms with Crippen LogP contribution in [0, 0.1) is 5.82 Å². The van der Waals surface area contributed by atoms with E-state index in [1.54, 1.807) is 16.8 Å². The summed E-state index contributed by atoms with van der Waals surface area (Å²) in [7, 11) is -3.03. The van der Waals surface area contributed by atoms with Gasteiger partial charge in [0.15, 0.2) is 9.84 Å². The van der Waals surface area contributed by atoms with Crippen molar-refractivity contribution in [3.8, 4) is 5.69 Å². The largest absolute Gasteiger partial charge is 0.297 e. The lowest BCUT2D eigenvalue weighted by molar-refractivity contribution is 0.202. The van der Waals surface area contributed by atoms with Gasteiger partial charge in [0, 0.05) is 12.8 Å². The van der Waals surface area contributed by atoms with Crippen molar-refractivity contribution in [2.75, 3.05) is 19.3 Å². The molecule has 0 N–H and O–H groups in total. The summed E-state index contributed by atoms with van der Waals surface area (Å²) in [6.45, 7) is 2.62. The summed E-state index contributed by atoms with van der Waals surface area (Å²) in [6.07, 6.45) is 5.20. The Labute approximate surface area is 176 Å². The molecule has 1 aromatic heterocycles. The van der Waals surface area contributed by atoms with Gasteiger partial charge >= 0.3 is 0 Å². The molecule has 1 saturated heterocycles. The highest BCUT2D eigenvalue weighted by Crippen LogP contribution is 2.29. The zero-order valence-electron chi connectivity index (χ0n) is 16.9. The van der Waals surface area contributed by atoms with Crippen LogP contribution < -0.4 is 0 Å². The van der Waals surface area contributed by atoms with Gasteiger partial charge in [0.05, 0.1) is 23.3 Å². The molecule has 3 aromatic rings. The number of sulfone groups is 1. The van der Waals surface area contributed by atoms with Gasteiger partial charge in [-0.25, -0.2) is 17.5 Å². The molecule has 0 bridgehead atoms. The normalized spacial score (nSPS) is 16.1. The van der Waals surface area contributed by atoms with E-state index in [2.05, 4.69) is 21.3 Å². The molecule has 1 aliphatic heterocycles. The quantitative estimate of drug-likeness (QED) is 0.602. The van der Waals surface area contributed by atoms with Crippen molar-refractivity contribution in [1.82, 2.24) is 19.9 Å². The number of likely N-dealkylation sites (tertiary alicyclic amines) is 1. The Balaban J connectivity index is 1.34. The minimum absolute atomic E-state index is 0.0867. The van der Waals surface area contributed by atoms with E-state index in [-0.39, 0.29) is 11.6 Å². The zero-order chi connectivity index (χ0) is 21.1. The first-order valence-electron chi connectivity index (χ1n) is 10.0. The highest BCUT2D eigenvalue weighted by atomic mass is 32.2. The third kappa shape index (κ3) is 5.31. The Morgan fingerprint density at radius 1 is 1.10 bits per heavy atom. The van der Waals surface area contributed by atoms with Crippen LogP contribution in [0.3, 0.4) is 0 Å². The Kier molecular flexibility index (Phi) is 5.97. The molecule has 0 aliphatic carbocycles. The summed E-state index contributed by atoms with van der Waals surface area (Å²) >= 11 is 0. The van der Waals surface area contributed by atoms with Gasteiger partial charge in [-0.05, 0) is 67.2 Å². The third-order valence-corrected chi connectivity index (χ3v) is 6.31. The fourth-order valence-corrected chi connectivity index (χ4v) is 4.77. The van der Waals surface area contributed by atoms with E-state index in [0.717, 1.165) is 49.4 Å². The van der Waals surface area contributed by atoms with E-state index in [9.17, 15) is 12.8 Å². The zero-order valence-corrected chi connectivity index (χ0v) is 17.7. The summed E-state index contributed by atoms with van der Waals surface area (Å²) in [5.41, 5.74) is 3.74. The molecule has 1 fully saturated rings. The first-order valence-corrected chi connectivity index (χ1v) is 12.1. The molecular weight excluding hydrogens is 403 g/mol. The Morgan fingerprint density at radius 2 is 1.83 bits per heavy atom. The average Bonchev–Trinajstić information content (AvgIpc) is 3.16. The van der Waals surface area contributed by atoms with Crippen LogP contribution >= 0.6 is 0 Å². The number of aromatic nitrogens is 3. The van der Waals surface area contributed by atoms with Gasteiger partial charge in [0.2, 0.25) is 0 Å². The van der Waals surface area contributed by atoms with Crippen molar-refractivity contribution < 1.29 is 12.8 Å². The van der Waals surface area contributed by atoms with Crippen LogP contribution in [0.25, 0.3) is 5.69 Å². The predicted molar refractivity (Wildman–Crippen MR) is 114 cm³/mol. The number of hydrogen-bond donors (Lipinski definition) is 0. The average molecular weight is 429 g/mol. The molecule has 1 aliphatic rings. The lowest BCUT2D eigenvalue weighted by Crippen LogP contribution is -2.32. The fourth-order valence-electron chi connectivity index (χ4n) is 3.98. The first-order chi connectivity index (χ1) is 14.4. The number of halogens is 1. The molecule has 30 heavy (non-hydrogen) atoms. The van der Waals surface area contributed by atoms with Gasteiger partial charge < -0.3 is 0 Å². The van der Waals surface area contributed by atoms with Crippen LogP contribution in [0.1, 0.15) is 35.6 Å². The summed E-state index contributed by atoms with van der Waals surface area (Å²) < 4.78 is 37.9. The number of benzene rings is 2. The van der Waals surface area contributed by atoms with Crippen LogP contribution in [0.2, 0.25) is 0 Å². The van der Waals surface area contributed by atoms with Crippen LogP contribution in [0.15, 0.2) is 54.7 Å². The van der Waals surface area contributed by atoms with Crippen LogP contribution in [-0.2, 0) is 22.1 Å². The van der Waals surface area contributed by atoms with E-state index in [4.69, 9.17) is 0 Å². The molecule has 4 rings (SSSR count). The molecule has 0 unspecified atom stereocenters. The lowest BCUT2D eigenvalue weighted by Gasteiger charge is -2.31. The molecule has 0 spiro atoms. The number of nitrogens with zero attached hydrogens (tertiary/aromatic N) is 4. The highest BCUT2D eigenvalue weighted by Gasteiger charge is 2.22. The minimum atomic E-state index is -3.03. The first kappa shape index (κ1) is 20.7. The molecular formula is C22H25FN4O2S. The molecule has 2 heterocycles. The van der Waals surface area contributed by atoms with Gasteiger partial charge in [-0.15, -0.1) is 5.10 Å². The second-order valence-electron chi connectivity index (χ2n) is 8.00. The maximum atomic E-state index is 13.1. The number of piperidine rings is 1. The molecule has 0 atom stereocenters. The summed E-state index contributed by atoms with van der Waals surface area (Å²) in [4.78, 5) is 2.36. The monoisotopic (exact) mass is 428 g/mol. The molecule has 0 radical (unpaired) electrons. The van der Waals surface area contributed by atoms with Gasteiger partial charge in [0.25, 0.3) is 0 Å². The van der Waals surface area contributed by atoms with Gasteiger partial charge in [-0.2, -0.15) is 0 Å². The van der Waals surface area contributed by atoms with Gasteiger partial charge in [-0.3, -0.25) is 4.90 Å². The SMILES string of the molecule is CS(=O)(=O)Cc1cccc(C2CCN(Cc3cn(-c4ccc(F)cc4)nn3)CC2)c1. The van der Waals surface area contributed by atoms with Crippen LogP contribution in [0.4, 0.5) is 4.39 Å². The summed E-state index contributed by atoms with van der Waals surface area (Å²) in [5, 5.41) is 8.40. The van der Waals surface area contributed by atoms with Crippen molar-refractivity contribution >= 4 is 9.84 Å². The van der Waals surface area contributed by atoms with Crippen molar-refractivity contribution in [2.24, 2.45) is 0 Å². The standard InChI is InChI=1S/C22H25FN4O2S/c1-30(28,29)16-17-3-2-4-19(13-17)18-9-11-26(12-10-18)14-21-15-27(25-24-21)22-7-5-20(23)6-8-22/h2-8,13,15,18H,9-12,14,16H2,1H3. The van der Waals surface area contributed by atoms with Crippen molar-refractivity contribution in [2.45, 2.75) is 31.1 Å².